The van der Waals surface area contributed by atoms with Gasteiger partial charge in [0.05, 0.1) is 0 Å². The van der Waals surface area contributed by atoms with Crippen molar-refractivity contribution < 1.29 is 0 Å². The van der Waals surface area contributed by atoms with Crippen LogP contribution in [0, 0.1) is 16.7 Å². The van der Waals surface area contributed by atoms with Crippen molar-refractivity contribution >= 4 is 11.7 Å². The molecule has 4 nitrogen and oxygen atoms in total. The standard InChI is InChI=1S/C12H24N4/c1-12(2,3)9-5-4-6-10(8-7-9)15-16-11(13)14/h9H,4-8H2,1-3H3,(H4,13,14,16). The van der Waals surface area contributed by atoms with Gasteiger partial charge < -0.3 is 5.73 Å². The van der Waals surface area contributed by atoms with Crippen LogP contribution in [0.3, 0.4) is 0 Å². The molecule has 92 valence electrons. The van der Waals surface area contributed by atoms with Crippen molar-refractivity contribution in [2.24, 2.45) is 22.2 Å². The van der Waals surface area contributed by atoms with Crippen molar-refractivity contribution in [3.05, 3.63) is 0 Å². The van der Waals surface area contributed by atoms with Gasteiger partial charge in [0.15, 0.2) is 0 Å². The lowest BCUT2D eigenvalue weighted by atomic mass is 9.76. The second-order valence-corrected chi connectivity index (χ2v) is 5.70. The number of nitrogens with zero attached hydrogens (tertiary/aromatic N) is 1. The van der Waals surface area contributed by atoms with Crippen molar-refractivity contribution in [3.8, 4) is 0 Å². The zero-order chi connectivity index (χ0) is 12.2. The molecule has 1 aliphatic rings. The number of guanidine groups is 1. The molecule has 0 radical (unpaired) electrons. The predicted octanol–water partition coefficient (Wildman–Crippen LogP) is 2.45. The lowest BCUT2D eigenvalue weighted by molar-refractivity contribution is 0.216. The molecule has 16 heavy (non-hydrogen) atoms. The van der Waals surface area contributed by atoms with E-state index in [4.69, 9.17) is 11.1 Å². The highest BCUT2D eigenvalue weighted by Gasteiger charge is 2.26. The van der Waals surface area contributed by atoms with E-state index >= 15 is 0 Å². The molecule has 4 N–H and O–H groups in total. The fourth-order valence-corrected chi connectivity index (χ4v) is 2.28. The summed E-state index contributed by atoms with van der Waals surface area (Å²) in [5.41, 5.74) is 9.30. The smallest absolute Gasteiger partial charge is 0.206 e. The number of hydrogen-bond donors (Lipinski definition) is 3. The Morgan fingerprint density at radius 2 is 2.06 bits per heavy atom. The summed E-state index contributed by atoms with van der Waals surface area (Å²) in [6, 6.07) is 0. The van der Waals surface area contributed by atoms with Gasteiger partial charge in [0.2, 0.25) is 5.96 Å². The molecule has 0 aliphatic heterocycles. The van der Waals surface area contributed by atoms with Gasteiger partial charge in [-0.15, -0.1) is 0 Å². The second-order valence-electron chi connectivity index (χ2n) is 5.70. The van der Waals surface area contributed by atoms with Crippen LogP contribution in [0.2, 0.25) is 0 Å². The van der Waals surface area contributed by atoms with E-state index in [9.17, 15) is 0 Å². The van der Waals surface area contributed by atoms with Crippen molar-refractivity contribution in [1.82, 2.24) is 5.43 Å². The second kappa shape index (κ2) is 5.32. The van der Waals surface area contributed by atoms with Crippen LogP contribution in [-0.2, 0) is 0 Å². The molecular weight excluding hydrogens is 200 g/mol. The van der Waals surface area contributed by atoms with Gasteiger partial charge in [-0.1, -0.05) is 20.8 Å². The van der Waals surface area contributed by atoms with Crippen LogP contribution >= 0.6 is 0 Å². The van der Waals surface area contributed by atoms with Crippen LogP contribution in [0.4, 0.5) is 0 Å². The summed E-state index contributed by atoms with van der Waals surface area (Å²) in [6.45, 7) is 6.94. The molecule has 0 aromatic carbocycles. The quantitative estimate of drug-likeness (QED) is 0.277. The summed E-state index contributed by atoms with van der Waals surface area (Å²) >= 11 is 0. The van der Waals surface area contributed by atoms with E-state index < -0.39 is 0 Å². The predicted molar refractivity (Wildman–Crippen MR) is 68.5 cm³/mol. The van der Waals surface area contributed by atoms with E-state index in [0.29, 0.717) is 5.41 Å². The van der Waals surface area contributed by atoms with Gasteiger partial charge >= 0.3 is 0 Å². The average Bonchev–Trinajstić information content (AvgIpc) is 2.38. The molecule has 0 heterocycles. The number of hydrogen-bond acceptors (Lipinski definition) is 2. The maximum absolute atomic E-state index is 7.07. The zero-order valence-corrected chi connectivity index (χ0v) is 10.6. The Labute approximate surface area is 98.2 Å². The van der Waals surface area contributed by atoms with Crippen molar-refractivity contribution in [2.75, 3.05) is 0 Å². The first kappa shape index (κ1) is 13.0. The SMILES string of the molecule is CC(C)(C)C1CCCC(=NNC(=N)N)CC1. The first-order valence-corrected chi connectivity index (χ1v) is 6.05. The van der Waals surface area contributed by atoms with Crippen molar-refractivity contribution in [3.63, 3.8) is 0 Å². The molecule has 0 aromatic heterocycles. The molecule has 1 fully saturated rings. The fourth-order valence-electron chi connectivity index (χ4n) is 2.28. The third kappa shape index (κ3) is 4.21. The first-order valence-electron chi connectivity index (χ1n) is 6.05. The Hall–Kier alpha value is -1.06. The molecule has 1 atom stereocenters. The maximum atomic E-state index is 7.07. The summed E-state index contributed by atoms with van der Waals surface area (Å²) in [5, 5.41) is 11.2. The van der Waals surface area contributed by atoms with Crippen LogP contribution in [-0.4, -0.2) is 11.7 Å². The number of rotatable bonds is 1. The molecule has 0 aromatic rings. The topological polar surface area (TPSA) is 74.3 Å². The monoisotopic (exact) mass is 224 g/mol. The van der Waals surface area contributed by atoms with E-state index in [2.05, 4.69) is 31.3 Å². The van der Waals surface area contributed by atoms with Crippen LogP contribution < -0.4 is 11.2 Å². The molecule has 0 bridgehead atoms. The summed E-state index contributed by atoms with van der Waals surface area (Å²) in [6.07, 6.45) is 5.74. The first-order chi connectivity index (χ1) is 7.39. The van der Waals surface area contributed by atoms with Crippen molar-refractivity contribution in [2.45, 2.75) is 52.9 Å². The van der Waals surface area contributed by atoms with Gasteiger partial charge in [0.25, 0.3) is 0 Å². The van der Waals surface area contributed by atoms with E-state index in [0.717, 1.165) is 24.5 Å². The lowest BCUT2D eigenvalue weighted by Gasteiger charge is -2.29. The van der Waals surface area contributed by atoms with E-state index in [1.807, 2.05) is 0 Å². The maximum Gasteiger partial charge on any atom is 0.206 e. The largest absolute Gasteiger partial charge is 0.369 e. The average molecular weight is 224 g/mol. The normalized spacial score (nSPS) is 25.2. The Morgan fingerprint density at radius 1 is 1.38 bits per heavy atom. The molecule has 1 saturated carbocycles. The summed E-state index contributed by atoms with van der Waals surface area (Å²) in [4.78, 5) is 0. The Morgan fingerprint density at radius 3 is 2.62 bits per heavy atom. The summed E-state index contributed by atoms with van der Waals surface area (Å²) < 4.78 is 0. The third-order valence-electron chi connectivity index (χ3n) is 3.36. The van der Waals surface area contributed by atoms with Crippen LogP contribution in [0.5, 0.6) is 0 Å². The summed E-state index contributed by atoms with van der Waals surface area (Å²) in [7, 11) is 0. The highest BCUT2D eigenvalue weighted by atomic mass is 15.3. The fraction of sp³-hybridized carbons (Fsp3) is 0.833. The molecule has 0 spiro atoms. The Bertz CT molecular complexity index is 275. The number of nitrogens with one attached hydrogen (secondary N) is 2. The van der Waals surface area contributed by atoms with E-state index in [1.54, 1.807) is 0 Å². The van der Waals surface area contributed by atoms with Gasteiger partial charge in [-0.3, -0.25) is 5.41 Å². The zero-order valence-electron chi connectivity index (χ0n) is 10.6. The van der Waals surface area contributed by atoms with Gasteiger partial charge in [0.1, 0.15) is 0 Å². The third-order valence-corrected chi connectivity index (χ3v) is 3.36. The molecule has 0 amide bonds. The molecule has 1 rings (SSSR count). The van der Waals surface area contributed by atoms with Gasteiger partial charge in [-0.05, 0) is 43.4 Å². The minimum atomic E-state index is -0.0795. The highest BCUT2D eigenvalue weighted by Crippen LogP contribution is 2.36. The van der Waals surface area contributed by atoms with Crippen molar-refractivity contribution in [1.29, 1.82) is 5.41 Å². The summed E-state index contributed by atoms with van der Waals surface area (Å²) in [5.74, 6) is 0.696. The van der Waals surface area contributed by atoms with Crippen LogP contribution in [0.15, 0.2) is 5.10 Å². The van der Waals surface area contributed by atoms with Gasteiger partial charge in [-0.25, -0.2) is 5.43 Å². The molecule has 1 aliphatic carbocycles. The van der Waals surface area contributed by atoms with Gasteiger partial charge in [-0.2, -0.15) is 5.10 Å². The van der Waals surface area contributed by atoms with E-state index in [-0.39, 0.29) is 5.96 Å². The van der Waals surface area contributed by atoms with E-state index in [1.165, 1.54) is 19.3 Å². The number of hydrazone groups is 1. The lowest BCUT2D eigenvalue weighted by Crippen LogP contribution is -2.26. The Kier molecular flexibility index (Phi) is 4.33. The minimum Gasteiger partial charge on any atom is -0.369 e. The van der Waals surface area contributed by atoms with Crippen LogP contribution in [0.1, 0.15) is 52.9 Å². The highest BCUT2D eigenvalue weighted by molar-refractivity contribution is 5.86. The molecule has 1 unspecified atom stereocenters. The molecule has 0 saturated heterocycles. The van der Waals surface area contributed by atoms with Gasteiger partial charge in [0, 0.05) is 5.71 Å². The molecule has 4 heteroatoms. The number of nitrogens with two attached hydrogens (primary N) is 1. The minimum absolute atomic E-state index is 0.0795. The molecular formula is C12H24N4. The Balaban J connectivity index is 2.52. The van der Waals surface area contributed by atoms with Crippen LogP contribution in [0.25, 0.3) is 0 Å².